The van der Waals surface area contributed by atoms with E-state index in [0.717, 1.165) is 37.2 Å². The Labute approximate surface area is 143 Å². The van der Waals surface area contributed by atoms with Gasteiger partial charge in [-0.15, -0.1) is 0 Å². The molecule has 126 valence electrons. The van der Waals surface area contributed by atoms with Crippen molar-refractivity contribution in [2.24, 2.45) is 5.92 Å². The molecule has 0 radical (unpaired) electrons. The van der Waals surface area contributed by atoms with Gasteiger partial charge in [0.05, 0.1) is 11.7 Å². The van der Waals surface area contributed by atoms with Gasteiger partial charge in [-0.1, -0.05) is 19.9 Å². The van der Waals surface area contributed by atoms with E-state index in [0.29, 0.717) is 17.4 Å². The second-order valence-corrected chi connectivity index (χ2v) is 6.80. The number of pyridine rings is 1. The molecule has 1 saturated heterocycles. The zero-order valence-corrected chi connectivity index (χ0v) is 14.6. The van der Waals surface area contributed by atoms with E-state index in [1.54, 1.807) is 6.20 Å². The number of likely N-dealkylation sites (tertiary alicyclic amines) is 1. The van der Waals surface area contributed by atoms with Gasteiger partial charge in [0, 0.05) is 18.4 Å². The molecule has 3 heterocycles. The number of nitrogens with zero attached hydrogens (tertiary/aromatic N) is 4. The zero-order valence-electron chi connectivity index (χ0n) is 14.6. The molecule has 0 bridgehead atoms. The Morgan fingerprint density at radius 3 is 2.88 bits per heavy atom. The van der Waals surface area contributed by atoms with Gasteiger partial charge in [0.2, 0.25) is 0 Å². The van der Waals surface area contributed by atoms with Crippen LogP contribution < -0.4 is 0 Å². The maximum absolute atomic E-state index is 13.0. The Bertz CT molecular complexity index is 715. The average molecular weight is 324 g/mol. The first-order valence-electron chi connectivity index (χ1n) is 8.61. The summed E-state index contributed by atoms with van der Waals surface area (Å²) in [6.45, 7) is 6.90. The number of carbonyl (C=O) groups excluding carboxylic acids is 1. The van der Waals surface area contributed by atoms with Crippen molar-refractivity contribution >= 4 is 5.91 Å². The first-order valence-corrected chi connectivity index (χ1v) is 8.61. The van der Waals surface area contributed by atoms with Gasteiger partial charge >= 0.3 is 0 Å². The Kier molecular flexibility index (Phi) is 4.88. The summed E-state index contributed by atoms with van der Waals surface area (Å²) in [5.41, 5.74) is 2.40. The van der Waals surface area contributed by atoms with E-state index in [2.05, 4.69) is 28.8 Å². The van der Waals surface area contributed by atoms with Crippen LogP contribution in [-0.2, 0) is 6.42 Å². The molecule has 5 heteroatoms. The summed E-state index contributed by atoms with van der Waals surface area (Å²) < 4.78 is 0. The van der Waals surface area contributed by atoms with Crippen LogP contribution in [0.1, 0.15) is 60.4 Å². The number of hydrogen-bond donors (Lipinski definition) is 0. The third-order valence-electron chi connectivity index (χ3n) is 4.27. The summed E-state index contributed by atoms with van der Waals surface area (Å²) >= 11 is 0. The first kappa shape index (κ1) is 16.6. The van der Waals surface area contributed by atoms with Crippen LogP contribution >= 0.6 is 0 Å². The third kappa shape index (κ3) is 3.61. The van der Waals surface area contributed by atoms with Gasteiger partial charge in [-0.3, -0.25) is 9.78 Å². The van der Waals surface area contributed by atoms with Crippen LogP contribution in [-0.4, -0.2) is 32.3 Å². The molecule has 0 spiro atoms. The molecule has 1 amide bonds. The predicted molar refractivity (Wildman–Crippen MR) is 92.6 cm³/mol. The number of hydrogen-bond acceptors (Lipinski definition) is 4. The fourth-order valence-electron chi connectivity index (χ4n) is 3.30. The minimum Gasteiger partial charge on any atom is -0.329 e. The molecule has 1 aliphatic heterocycles. The molecule has 0 N–H and O–H groups in total. The summed E-state index contributed by atoms with van der Waals surface area (Å²) in [6.07, 6.45) is 4.58. The maximum atomic E-state index is 13.0. The molecule has 1 atom stereocenters. The SMILES string of the molecule is Cc1nc(CC(C)C)cc(C(=O)N2CCC[C@H]2c2ccccn2)n1. The lowest BCUT2D eigenvalue weighted by atomic mass is 10.1. The molecule has 0 unspecified atom stereocenters. The van der Waals surface area contributed by atoms with Crippen LogP contribution in [0.15, 0.2) is 30.5 Å². The Hall–Kier alpha value is -2.30. The van der Waals surface area contributed by atoms with Crippen LogP contribution in [0.5, 0.6) is 0 Å². The van der Waals surface area contributed by atoms with E-state index in [-0.39, 0.29) is 11.9 Å². The van der Waals surface area contributed by atoms with Crippen LogP contribution in [0.3, 0.4) is 0 Å². The first-order chi connectivity index (χ1) is 11.5. The molecule has 24 heavy (non-hydrogen) atoms. The maximum Gasteiger partial charge on any atom is 0.273 e. The number of rotatable bonds is 4. The fourth-order valence-corrected chi connectivity index (χ4v) is 3.30. The Balaban J connectivity index is 1.87. The average Bonchev–Trinajstić information content (AvgIpc) is 3.03. The highest BCUT2D eigenvalue weighted by Crippen LogP contribution is 2.31. The molecule has 0 aromatic carbocycles. The highest BCUT2D eigenvalue weighted by atomic mass is 16.2. The van der Waals surface area contributed by atoms with E-state index in [9.17, 15) is 4.79 Å². The van der Waals surface area contributed by atoms with Gasteiger partial charge in [0.15, 0.2) is 0 Å². The molecule has 1 fully saturated rings. The van der Waals surface area contributed by atoms with Gasteiger partial charge in [-0.25, -0.2) is 9.97 Å². The van der Waals surface area contributed by atoms with E-state index >= 15 is 0 Å². The molecule has 3 rings (SSSR count). The van der Waals surface area contributed by atoms with E-state index < -0.39 is 0 Å². The summed E-state index contributed by atoms with van der Waals surface area (Å²) in [6, 6.07) is 7.76. The van der Waals surface area contributed by atoms with Gasteiger partial charge < -0.3 is 4.90 Å². The standard InChI is InChI=1S/C19H24N4O/c1-13(2)11-15-12-17(22-14(3)21-15)19(24)23-10-6-8-18(23)16-7-4-5-9-20-16/h4-5,7,9,12-13,18H,6,8,10-11H2,1-3H3/t18-/m0/s1. The Morgan fingerprint density at radius 1 is 1.33 bits per heavy atom. The molecular weight excluding hydrogens is 300 g/mol. The molecule has 0 aliphatic carbocycles. The molecule has 5 nitrogen and oxygen atoms in total. The van der Waals surface area contributed by atoms with Crippen molar-refractivity contribution in [3.8, 4) is 0 Å². The van der Waals surface area contributed by atoms with Crippen molar-refractivity contribution in [2.45, 2.75) is 46.1 Å². The third-order valence-corrected chi connectivity index (χ3v) is 4.27. The molecule has 2 aromatic rings. The fraction of sp³-hybridized carbons (Fsp3) is 0.474. The van der Waals surface area contributed by atoms with Crippen molar-refractivity contribution < 1.29 is 4.79 Å². The van der Waals surface area contributed by atoms with Crippen molar-refractivity contribution in [1.29, 1.82) is 0 Å². The lowest BCUT2D eigenvalue weighted by Crippen LogP contribution is -2.32. The number of amides is 1. The minimum absolute atomic E-state index is 0.0151. The Morgan fingerprint density at radius 2 is 2.17 bits per heavy atom. The highest BCUT2D eigenvalue weighted by molar-refractivity contribution is 5.92. The van der Waals surface area contributed by atoms with Crippen molar-refractivity contribution in [3.63, 3.8) is 0 Å². The summed E-state index contributed by atoms with van der Waals surface area (Å²) in [5.74, 6) is 1.14. The van der Waals surface area contributed by atoms with E-state index in [1.807, 2.05) is 36.1 Å². The summed E-state index contributed by atoms with van der Waals surface area (Å²) in [5, 5.41) is 0. The summed E-state index contributed by atoms with van der Waals surface area (Å²) in [7, 11) is 0. The number of aryl methyl sites for hydroxylation is 1. The van der Waals surface area contributed by atoms with Crippen molar-refractivity contribution in [3.05, 3.63) is 53.4 Å². The lowest BCUT2D eigenvalue weighted by molar-refractivity contribution is 0.0726. The number of aromatic nitrogens is 3. The zero-order chi connectivity index (χ0) is 17.1. The minimum atomic E-state index is -0.0151. The molecule has 2 aromatic heterocycles. The highest BCUT2D eigenvalue weighted by Gasteiger charge is 2.32. The van der Waals surface area contributed by atoms with Gasteiger partial charge in [0.1, 0.15) is 11.5 Å². The predicted octanol–water partition coefficient (Wildman–Crippen LogP) is 3.36. The van der Waals surface area contributed by atoms with E-state index in [1.165, 1.54) is 0 Å². The lowest BCUT2D eigenvalue weighted by Gasteiger charge is -2.24. The monoisotopic (exact) mass is 324 g/mol. The molecule has 1 aliphatic rings. The summed E-state index contributed by atoms with van der Waals surface area (Å²) in [4.78, 5) is 28.2. The van der Waals surface area contributed by atoms with Crippen LogP contribution in [0.4, 0.5) is 0 Å². The van der Waals surface area contributed by atoms with Crippen LogP contribution in [0, 0.1) is 12.8 Å². The smallest absolute Gasteiger partial charge is 0.273 e. The van der Waals surface area contributed by atoms with Gasteiger partial charge in [-0.2, -0.15) is 0 Å². The second kappa shape index (κ2) is 7.07. The second-order valence-electron chi connectivity index (χ2n) is 6.80. The largest absolute Gasteiger partial charge is 0.329 e. The van der Waals surface area contributed by atoms with Crippen LogP contribution in [0.2, 0.25) is 0 Å². The van der Waals surface area contributed by atoms with Crippen molar-refractivity contribution in [2.75, 3.05) is 6.54 Å². The van der Waals surface area contributed by atoms with E-state index in [4.69, 9.17) is 0 Å². The van der Waals surface area contributed by atoms with Gasteiger partial charge in [0.25, 0.3) is 5.91 Å². The molecule has 0 saturated carbocycles. The van der Waals surface area contributed by atoms with Crippen LogP contribution in [0.25, 0.3) is 0 Å². The van der Waals surface area contributed by atoms with Crippen molar-refractivity contribution in [1.82, 2.24) is 19.9 Å². The topological polar surface area (TPSA) is 59.0 Å². The number of carbonyl (C=O) groups is 1. The molecular formula is C19H24N4O. The van der Waals surface area contributed by atoms with Gasteiger partial charge in [-0.05, 0) is 50.3 Å². The normalized spacial score (nSPS) is 17.5. The quantitative estimate of drug-likeness (QED) is 0.865.